The van der Waals surface area contributed by atoms with Gasteiger partial charge in [0.2, 0.25) is 0 Å². The molecule has 1 atom stereocenters. The molecule has 1 aliphatic heterocycles. The number of nitrogens with zero attached hydrogens (tertiary/aromatic N) is 1. The second kappa shape index (κ2) is 7.75. The largest absolute Gasteiger partial charge is 0.483 e. The van der Waals surface area contributed by atoms with Gasteiger partial charge in [0.1, 0.15) is 17.3 Å². The first-order valence-electron chi connectivity index (χ1n) is 13.5. The van der Waals surface area contributed by atoms with Crippen molar-refractivity contribution >= 4 is 54.9 Å². The highest BCUT2D eigenvalue weighted by atomic mass is 16.5. The maximum absolute atomic E-state index is 6.84. The molecule has 3 nitrogen and oxygen atoms in total. The van der Waals surface area contributed by atoms with Gasteiger partial charge in [-0.1, -0.05) is 91.0 Å². The molecule has 0 radical (unpaired) electrons. The number of furan rings is 1. The summed E-state index contributed by atoms with van der Waals surface area (Å²) in [6.45, 7) is 0. The Morgan fingerprint density at radius 1 is 0.590 bits per heavy atom. The van der Waals surface area contributed by atoms with Gasteiger partial charge in [-0.25, -0.2) is 0 Å². The van der Waals surface area contributed by atoms with Crippen molar-refractivity contribution in [3.8, 4) is 11.4 Å². The normalized spacial score (nSPS) is 16.4. The van der Waals surface area contributed by atoms with Crippen LogP contribution >= 0.6 is 0 Å². The lowest BCUT2D eigenvalue weighted by atomic mass is 9.87. The average Bonchev–Trinajstić information content (AvgIpc) is 3.66. The van der Waals surface area contributed by atoms with Gasteiger partial charge in [0.25, 0.3) is 0 Å². The van der Waals surface area contributed by atoms with Crippen LogP contribution in [0.15, 0.2) is 126 Å². The molecule has 0 bridgehead atoms. The SMILES string of the molecule is C1=C(c2cccc3oc4ccccc4c23)CC2Oc3c(cccc3-n3c4ccccc4c4ccccc43)C2=C1. The van der Waals surface area contributed by atoms with Gasteiger partial charge >= 0.3 is 0 Å². The Morgan fingerprint density at radius 3 is 2.08 bits per heavy atom. The highest BCUT2D eigenvalue weighted by molar-refractivity contribution is 6.11. The van der Waals surface area contributed by atoms with Gasteiger partial charge in [0.15, 0.2) is 5.75 Å². The van der Waals surface area contributed by atoms with E-state index >= 15 is 0 Å². The van der Waals surface area contributed by atoms with Gasteiger partial charge in [0.05, 0.1) is 16.7 Å². The third kappa shape index (κ3) is 2.87. The van der Waals surface area contributed by atoms with Crippen LogP contribution in [0, 0.1) is 0 Å². The number of allylic oxidation sites excluding steroid dienone is 2. The number of hydrogen-bond acceptors (Lipinski definition) is 2. The summed E-state index contributed by atoms with van der Waals surface area (Å²) in [5.74, 6) is 0.960. The maximum Gasteiger partial charge on any atom is 0.151 e. The van der Waals surface area contributed by atoms with Crippen LogP contribution in [0.25, 0.3) is 60.6 Å². The number of aromatic nitrogens is 1. The zero-order chi connectivity index (χ0) is 25.5. The van der Waals surface area contributed by atoms with Gasteiger partial charge in [0, 0.05) is 39.1 Å². The predicted molar refractivity (Wildman–Crippen MR) is 159 cm³/mol. The van der Waals surface area contributed by atoms with Crippen molar-refractivity contribution < 1.29 is 9.15 Å². The number of benzene rings is 5. The van der Waals surface area contributed by atoms with Crippen molar-refractivity contribution in [1.29, 1.82) is 0 Å². The van der Waals surface area contributed by atoms with Crippen molar-refractivity contribution in [3.05, 3.63) is 132 Å². The Morgan fingerprint density at radius 2 is 1.26 bits per heavy atom. The van der Waals surface area contributed by atoms with E-state index < -0.39 is 0 Å². The second-order valence-electron chi connectivity index (χ2n) is 10.4. The summed E-state index contributed by atoms with van der Waals surface area (Å²) in [4.78, 5) is 0. The molecule has 2 aromatic heterocycles. The lowest BCUT2D eigenvalue weighted by Gasteiger charge is -2.20. The molecule has 0 saturated carbocycles. The predicted octanol–water partition coefficient (Wildman–Crippen LogP) is 9.31. The van der Waals surface area contributed by atoms with E-state index in [4.69, 9.17) is 9.15 Å². The Balaban J connectivity index is 1.20. The molecule has 0 saturated heterocycles. The monoisotopic (exact) mass is 501 g/mol. The van der Waals surface area contributed by atoms with Crippen LogP contribution in [-0.2, 0) is 0 Å². The highest BCUT2D eigenvalue weighted by Gasteiger charge is 2.34. The fourth-order valence-corrected chi connectivity index (χ4v) is 6.66. The number of fused-ring (bicyclic) bond motifs is 9. The molecule has 1 unspecified atom stereocenters. The fraction of sp³-hybridized carbons (Fsp3) is 0.0556. The zero-order valence-corrected chi connectivity index (χ0v) is 21.1. The van der Waals surface area contributed by atoms with Crippen molar-refractivity contribution in [2.45, 2.75) is 12.5 Å². The van der Waals surface area contributed by atoms with E-state index in [-0.39, 0.29) is 6.10 Å². The van der Waals surface area contributed by atoms with Gasteiger partial charge < -0.3 is 13.7 Å². The molecular weight excluding hydrogens is 478 g/mol. The van der Waals surface area contributed by atoms with Crippen molar-refractivity contribution in [3.63, 3.8) is 0 Å². The van der Waals surface area contributed by atoms with E-state index in [1.807, 2.05) is 12.1 Å². The zero-order valence-electron chi connectivity index (χ0n) is 21.1. The van der Waals surface area contributed by atoms with E-state index in [9.17, 15) is 0 Å². The first kappa shape index (κ1) is 21.0. The van der Waals surface area contributed by atoms with Crippen LogP contribution in [0.4, 0.5) is 0 Å². The van der Waals surface area contributed by atoms with E-state index in [0.29, 0.717) is 0 Å². The summed E-state index contributed by atoms with van der Waals surface area (Å²) < 4.78 is 15.4. The Bertz CT molecular complexity index is 2140. The smallest absolute Gasteiger partial charge is 0.151 e. The molecule has 0 N–H and O–H groups in total. The molecule has 184 valence electrons. The number of ether oxygens (including phenoxy) is 1. The summed E-state index contributed by atoms with van der Waals surface area (Å²) in [5, 5.41) is 4.84. The Hall–Kier alpha value is -5.02. The topological polar surface area (TPSA) is 27.3 Å². The van der Waals surface area contributed by atoms with Crippen LogP contribution in [0.5, 0.6) is 5.75 Å². The molecule has 5 aromatic carbocycles. The summed E-state index contributed by atoms with van der Waals surface area (Å²) in [6.07, 6.45) is 5.31. The molecule has 0 amide bonds. The molecule has 7 aromatic rings. The Labute approximate surface area is 224 Å². The summed E-state index contributed by atoms with van der Waals surface area (Å²) in [6, 6.07) is 38.4. The van der Waals surface area contributed by atoms with E-state index in [0.717, 1.165) is 34.4 Å². The van der Waals surface area contributed by atoms with Gasteiger partial charge in [-0.15, -0.1) is 0 Å². The van der Waals surface area contributed by atoms with Crippen LogP contribution in [0.1, 0.15) is 17.5 Å². The molecule has 9 rings (SSSR count). The quantitative estimate of drug-likeness (QED) is 0.236. The van der Waals surface area contributed by atoms with Crippen LogP contribution in [0.3, 0.4) is 0 Å². The lowest BCUT2D eigenvalue weighted by Crippen LogP contribution is -2.15. The maximum atomic E-state index is 6.84. The molecule has 3 heterocycles. The van der Waals surface area contributed by atoms with Crippen molar-refractivity contribution in [2.75, 3.05) is 0 Å². The molecule has 1 aliphatic carbocycles. The minimum Gasteiger partial charge on any atom is -0.483 e. The standard InChI is InChI=1S/C36H23NO2/c1-4-14-29-24(9-1)25-10-2-5-15-30(25)37(29)31-16-7-13-27-26-20-19-22(21-34(26)39-36(27)31)23-12-8-18-33-35(23)28-11-3-6-17-32(28)38-33/h1-20,34H,21H2. The summed E-state index contributed by atoms with van der Waals surface area (Å²) in [7, 11) is 0. The van der Waals surface area contributed by atoms with Crippen molar-refractivity contribution in [2.24, 2.45) is 0 Å². The molecule has 3 heteroatoms. The first-order chi connectivity index (χ1) is 19.3. The van der Waals surface area contributed by atoms with Gasteiger partial charge in [-0.3, -0.25) is 0 Å². The van der Waals surface area contributed by atoms with E-state index in [1.165, 1.54) is 49.5 Å². The van der Waals surface area contributed by atoms with Crippen LogP contribution in [-0.4, -0.2) is 10.7 Å². The van der Waals surface area contributed by atoms with E-state index in [2.05, 4.69) is 114 Å². The third-order valence-corrected chi connectivity index (χ3v) is 8.35. The first-order valence-corrected chi connectivity index (χ1v) is 13.5. The number of para-hydroxylation sites is 4. The van der Waals surface area contributed by atoms with Crippen molar-refractivity contribution in [1.82, 2.24) is 4.57 Å². The van der Waals surface area contributed by atoms with Gasteiger partial charge in [-0.2, -0.15) is 0 Å². The number of rotatable bonds is 2. The molecule has 0 fully saturated rings. The minimum atomic E-state index is -0.0253. The molecular formula is C36H23NO2. The van der Waals surface area contributed by atoms with Gasteiger partial charge in [-0.05, 0) is 41.5 Å². The summed E-state index contributed by atoms with van der Waals surface area (Å²) >= 11 is 0. The molecule has 0 spiro atoms. The molecule has 2 aliphatic rings. The van der Waals surface area contributed by atoms with E-state index in [1.54, 1.807) is 0 Å². The second-order valence-corrected chi connectivity index (χ2v) is 10.4. The minimum absolute atomic E-state index is 0.0253. The lowest BCUT2D eigenvalue weighted by molar-refractivity contribution is 0.281. The van der Waals surface area contributed by atoms with Crippen LogP contribution in [0.2, 0.25) is 0 Å². The fourth-order valence-electron chi connectivity index (χ4n) is 6.66. The average molecular weight is 502 g/mol. The third-order valence-electron chi connectivity index (χ3n) is 8.35. The Kier molecular flexibility index (Phi) is 4.17. The van der Waals surface area contributed by atoms with Crippen LogP contribution < -0.4 is 4.74 Å². The highest BCUT2D eigenvalue weighted by Crippen LogP contribution is 2.48. The number of hydrogen-bond donors (Lipinski definition) is 0. The summed E-state index contributed by atoms with van der Waals surface area (Å²) in [5.41, 5.74) is 10.2. The molecule has 39 heavy (non-hydrogen) atoms.